The van der Waals surface area contributed by atoms with Crippen LogP contribution in [0.5, 0.6) is 0 Å². The number of aromatic nitrogens is 1. The van der Waals surface area contributed by atoms with Crippen LogP contribution in [0.25, 0.3) is 11.3 Å². The van der Waals surface area contributed by atoms with Gasteiger partial charge in [-0.3, -0.25) is 4.79 Å². The highest BCUT2D eigenvalue weighted by molar-refractivity contribution is 5.93. The van der Waals surface area contributed by atoms with Crippen LogP contribution in [-0.2, 0) is 0 Å². The number of carbonyl (C=O) groups is 1. The standard InChI is InChI=1S/C20H20N2O3/c1-13-5-7-15(8-6-13)17-12-19(25-21-17)20(23)22(16-9-10-16)14(2)18-4-3-11-24-18/h3-8,11-12,14,16H,9-10H2,1-2H3. The van der Waals surface area contributed by atoms with E-state index in [0.717, 1.165) is 24.2 Å². The SMILES string of the molecule is Cc1ccc(-c2cc(C(=O)N(C3CC3)C(C)c3ccco3)on2)cc1. The maximum Gasteiger partial charge on any atom is 0.293 e. The van der Waals surface area contributed by atoms with Gasteiger partial charge in [0, 0.05) is 17.7 Å². The molecule has 0 saturated heterocycles. The lowest BCUT2D eigenvalue weighted by Gasteiger charge is -2.26. The topological polar surface area (TPSA) is 59.5 Å². The van der Waals surface area contributed by atoms with Crippen molar-refractivity contribution in [3.8, 4) is 11.3 Å². The van der Waals surface area contributed by atoms with Gasteiger partial charge in [0.25, 0.3) is 5.91 Å². The summed E-state index contributed by atoms with van der Waals surface area (Å²) < 4.78 is 10.9. The summed E-state index contributed by atoms with van der Waals surface area (Å²) in [5.41, 5.74) is 2.78. The van der Waals surface area contributed by atoms with Crippen LogP contribution < -0.4 is 0 Å². The summed E-state index contributed by atoms with van der Waals surface area (Å²) in [7, 11) is 0. The number of hydrogen-bond acceptors (Lipinski definition) is 4. The zero-order valence-electron chi connectivity index (χ0n) is 14.3. The average Bonchev–Trinajstić information content (AvgIpc) is 3.12. The third-order valence-electron chi connectivity index (χ3n) is 4.62. The number of furan rings is 1. The van der Waals surface area contributed by atoms with E-state index in [1.54, 1.807) is 12.3 Å². The number of nitrogens with zero attached hydrogens (tertiary/aromatic N) is 2. The molecular formula is C20H20N2O3. The van der Waals surface area contributed by atoms with Gasteiger partial charge in [-0.15, -0.1) is 0 Å². The Hall–Kier alpha value is -2.82. The van der Waals surface area contributed by atoms with E-state index >= 15 is 0 Å². The molecule has 5 nitrogen and oxygen atoms in total. The molecule has 0 N–H and O–H groups in total. The Bertz CT molecular complexity index is 861. The predicted molar refractivity (Wildman–Crippen MR) is 93.0 cm³/mol. The predicted octanol–water partition coefficient (Wildman–Crippen LogP) is 4.61. The third kappa shape index (κ3) is 3.09. The van der Waals surface area contributed by atoms with Gasteiger partial charge < -0.3 is 13.8 Å². The molecule has 0 radical (unpaired) electrons. The summed E-state index contributed by atoms with van der Waals surface area (Å²) in [5.74, 6) is 0.900. The van der Waals surface area contributed by atoms with E-state index in [4.69, 9.17) is 8.94 Å². The van der Waals surface area contributed by atoms with E-state index in [-0.39, 0.29) is 23.8 Å². The number of benzene rings is 1. The summed E-state index contributed by atoms with van der Waals surface area (Å²) in [4.78, 5) is 14.9. The number of carbonyl (C=O) groups excluding carboxylic acids is 1. The van der Waals surface area contributed by atoms with Gasteiger partial charge in [-0.25, -0.2) is 0 Å². The van der Waals surface area contributed by atoms with Crippen LogP contribution in [0.2, 0.25) is 0 Å². The van der Waals surface area contributed by atoms with Crippen LogP contribution in [0.15, 0.2) is 57.7 Å². The first-order valence-electron chi connectivity index (χ1n) is 8.53. The van der Waals surface area contributed by atoms with Crippen molar-refractivity contribution in [2.24, 2.45) is 0 Å². The first-order valence-corrected chi connectivity index (χ1v) is 8.53. The highest BCUT2D eigenvalue weighted by Crippen LogP contribution is 2.36. The van der Waals surface area contributed by atoms with Crippen LogP contribution in [0.3, 0.4) is 0 Å². The molecule has 2 aromatic heterocycles. The largest absolute Gasteiger partial charge is 0.467 e. The monoisotopic (exact) mass is 336 g/mol. The van der Waals surface area contributed by atoms with Crippen molar-refractivity contribution >= 4 is 5.91 Å². The third-order valence-corrected chi connectivity index (χ3v) is 4.62. The first-order chi connectivity index (χ1) is 12.1. The Morgan fingerprint density at radius 2 is 2.00 bits per heavy atom. The second-order valence-electron chi connectivity index (χ2n) is 6.58. The fraction of sp³-hybridized carbons (Fsp3) is 0.300. The summed E-state index contributed by atoms with van der Waals surface area (Å²) in [5, 5.41) is 4.08. The van der Waals surface area contributed by atoms with Gasteiger partial charge in [0.15, 0.2) is 0 Å². The molecule has 2 heterocycles. The molecule has 1 aromatic carbocycles. The lowest BCUT2D eigenvalue weighted by molar-refractivity contribution is 0.0610. The minimum atomic E-state index is -0.141. The van der Waals surface area contributed by atoms with Gasteiger partial charge in [0.05, 0.1) is 12.3 Å². The summed E-state index contributed by atoms with van der Waals surface area (Å²) >= 11 is 0. The normalized spacial score (nSPS) is 15.1. The second-order valence-corrected chi connectivity index (χ2v) is 6.58. The smallest absolute Gasteiger partial charge is 0.293 e. The molecule has 1 unspecified atom stereocenters. The summed E-state index contributed by atoms with van der Waals surface area (Å²) in [6.45, 7) is 4.01. The fourth-order valence-electron chi connectivity index (χ4n) is 3.04. The summed E-state index contributed by atoms with van der Waals surface area (Å²) in [6.07, 6.45) is 3.65. The Balaban J connectivity index is 1.60. The fourth-order valence-corrected chi connectivity index (χ4v) is 3.04. The number of aryl methyl sites for hydroxylation is 1. The number of amides is 1. The van der Waals surface area contributed by atoms with E-state index in [0.29, 0.717) is 5.69 Å². The van der Waals surface area contributed by atoms with Gasteiger partial charge in [-0.1, -0.05) is 35.0 Å². The van der Waals surface area contributed by atoms with E-state index in [9.17, 15) is 4.79 Å². The van der Waals surface area contributed by atoms with Crippen LogP contribution in [-0.4, -0.2) is 22.0 Å². The molecule has 0 spiro atoms. The quantitative estimate of drug-likeness (QED) is 0.683. The van der Waals surface area contributed by atoms with Gasteiger partial charge >= 0.3 is 0 Å². The molecule has 0 bridgehead atoms. The van der Waals surface area contributed by atoms with E-state index in [1.807, 2.05) is 55.1 Å². The molecule has 1 aliphatic rings. The Kier molecular flexibility index (Phi) is 3.92. The zero-order chi connectivity index (χ0) is 17.4. The molecule has 1 fully saturated rings. The van der Waals surface area contributed by atoms with Crippen molar-refractivity contribution in [3.05, 3.63) is 65.8 Å². The molecule has 4 rings (SSSR count). The minimum absolute atomic E-state index is 0.136. The van der Waals surface area contributed by atoms with Crippen molar-refractivity contribution in [3.63, 3.8) is 0 Å². The Morgan fingerprint density at radius 3 is 2.64 bits per heavy atom. The van der Waals surface area contributed by atoms with Crippen LogP contribution in [0.1, 0.15) is 47.7 Å². The van der Waals surface area contributed by atoms with Crippen molar-refractivity contribution in [1.82, 2.24) is 10.1 Å². The molecule has 3 aromatic rings. The minimum Gasteiger partial charge on any atom is -0.467 e. The van der Waals surface area contributed by atoms with Gasteiger partial charge in [-0.2, -0.15) is 0 Å². The molecule has 0 aliphatic heterocycles. The molecule has 1 aliphatic carbocycles. The van der Waals surface area contributed by atoms with Crippen LogP contribution in [0.4, 0.5) is 0 Å². The number of rotatable bonds is 5. The van der Waals surface area contributed by atoms with Gasteiger partial charge in [0.2, 0.25) is 5.76 Å². The van der Waals surface area contributed by atoms with E-state index < -0.39 is 0 Å². The van der Waals surface area contributed by atoms with E-state index in [1.165, 1.54) is 5.56 Å². The first kappa shape index (κ1) is 15.7. The molecule has 5 heteroatoms. The molecule has 1 amide bonds. The maximum absolute atomic E-state index is 13.0. The molecular weight excluding hydrogens is 316 g/mol. The second kappa shape index (κ2) is 6.24. The van der Waals surface area contributed by atoms with Gasteiger partial charge in [-0.05, 0) is 38.8 Å². The highest BCUT2D eigenvalue weighted by atomic mass is 16.5. The van der Waals surface area contributed by atoms with Crippen molar-refractivity contribution in [2.45, 2.75) is 38.8 Å². The molecule has 1 saturated carbocycles. The van der Waals surface area contributed by atoms with Crippen molar-refractivity contribution in [2.75, 3.05) is 0 Å². The lowest BCUT2D eigenvalue weighted by Crippen LogP contribution is -2.35. The Morgan fingerprint density at radius 1 is 1.24 bits per heavy atom. The van der Waals surface area contributed by atoms with Crippen molar-refractivity contribution in [1.29, 1.82) is 0 Å². The van der Waals surface area contributed by atoms with Crippen molar-refractivity contribution < 1.29 is 13.7 Å². The van der Waals surface area contributed by atoms with Crippen LogP contribution in [0, 0.1) is 6.92 Å². The lowest BCUT2D eigenvalue weighted by atomic mass is 10.1. The number of hydrogen-bond donors (Lipinski definition) is 0. The molecule has 25 heavy (non-hydrogen) atoms. The Labute approximate surface area is 146 Å². The molecule has 1 atom stereocenters. The summed E-state index contributed by atoms with van der Waals surface area (Å²) in [6, 6.07) is 13.5. The zero-order valence-corrected chi connectivity index (χ0v) is 14.3. The van der Waals surface area contributed by atoms with Crippen LogP contribution >= 0.6 is 0 Å². The van der Waals surface area contributed by atoms with E-state index in [2.05, 4.69) is 5.16 Å². The van der Waals surface area contributed by atoms with Gasteiger partial charge in [0.1, 0.15) is 11.5 Å². The maximum atomic E-state index is 13.0. The highest BCUT2D eigenvalue weighted by Gasteiger charge is 2.39. The molecule has 128 valence electrons. The average molecular weight is 336 g/mol.